The summed E-state index contributed by atoms with van der Waals surface area (Å²) in [5.74, 6) is 0.708. The van der Waals surface area contributed by atoms with Gasteiger partial charge in [0.2, 0.25) is 0 Å². The predicted octanol–water partition coefficient (Wildman–Crippen LogP) is 3.43. The molecular formula is C15H18INO2. The van der Waals surface area contributed by atoms with E-state index in [1.807, 2.05) is 33.6 Å². The van der Waals surface area contributed by atoms with Gasteiger partial charge in [0, 0.05) is 18.7 Å². The highest BCUT2D eigenvalue weighted by Crippen LogP contribution is 2.24. The van der Waals surface area contributed by atoms with Crippen LogP contribution in [0.25, 0.3) is 0 Å². The number of phenols is 1. The van der Waals surface area contributed by atoms with Gasteiger partial charge in [-0.1, -0.05) is 6.08 Å². The van der Waals surface area contributed by atoms with Crippen molar-refractivity contribution >= 4 is 28.5 Å². The van der Waals surface area contributed by atoms with Crippen molar-refractivity contribution in [2.75, 3.05) is 13.1 Å². The Morgan fingerprint density at radius 1 is 1.58 bits per heavy atom. The van der Waals surface area contributed by atoms with Gasteiger partial charge in [0.15, 0.2) is 0 Å². The number of benzene rings is 1. The zero-order chi connectivity index (χ0) is 13.8. The zero-order valence-electron chi connectivity index (χ0n) is 10.8. The van der Waals surface area contributed by atoms with E-state index in [0.717, 1.165) is 35.9 Å². The number of carbonyl (C=O) groups excluding carboxylic acids is 1. The van der Waals surface area contributed by atoms with Gasteiger partial charge in [0.1, 0.15) is 5.75 Å². The molecule has 102 valence electrons. The molecule has 1 fully saturated rings. The van der Waals surface area contributed by atoms with E-state index in [2.05, 4.69) is 6.58 Å². The molecule has 3 nitrogen and oxygen atoms in total. The molecule has 1 N–H and O–H groups in total. The maximum Gasteiger partial charge on any atom is 0.253 e. The van der Waals surface area contributed by atoms with Crippen molar-refractivity contribution in [2.45, 2.75) is 19.3 Å². The van der Waals surface area contributed by atoms with Crippen molar-refractivity contribution in [1.82, 2.24) is 4.90 Å². The first kappa shape index (κ1) is 14.4. The molecule has 1 aliphatic heterocycles. The first-order valence-electron chi connectivity index (χ1n) is 6.50. The minimum Gasteiger partial charge on any atom is -0.507 e. The number of piperidine rings is 1. The molecule has 1 amide bonds. The summed E-state index contributed by atoms with van der Waals surface area (Å²) in [6, 6.07) is 5.11. The van der Waals surface area contributed by atoms with Crippen molar-refractivity contribution < 1.29 is 9.90 Å². The highest BCUT2D eigenvalue weighted by Gasteiger charge is 2.24. The lowest BCUT2D eigenvalue weighted by molar-refractivity contribution is 0.0674. The van der Waals surface area contributed by atoms with E-state index in [4.69, 9.17) is 0 Å². The first-order chi connectivity index (χ1) is 9.11. The Labute approximate surface area is 127 Å². The lowest BCUT2D eigenvalue weighted by Gasteiger charge is -2.32. The molecule has 4 heteroatoms. The van der Waals surface area contributed by atoms with Crippen LogP contribution in [0.1, 0.15) is 29.6 Å². The van der Waals surface area contributed by atoms with E-state index in [-0.39, 0.29) is 11.7 Å². The summed E-state index contributed by atoms with van der Waals surface area (Å²) >= 11 is 2.05. The van der Waals surface area contributed by atoms with Crippen LogP contribution >= 0.6 is 22.6 Å². The van der Waals surface area contributed by atoms with Crippen LogP contribution in [-0.2, 0) is 0 Å². The molecular weight excluding hydrogens is 353 g/mol. The highest BCUT2D eigenvalue weighted by molar-refractivity contribution is 14.1. The maximum absolute atomic E-state index is 12.4. The Kier molecular flexibility index (Phi) is 4.85. The average molecular weight is 371 g/mol. The summed E-state index contributed by atoms with van der Waals surface area (Å²) in [6.45, 7) is 5.36. The van der Waals surface area contributed by atoms with Gasteiger partial charge in [0.25, 0.3) is 5.91 Å². The summed E-state index contributed by atoms with van der Waals surface area (Å²) in [6.07, 6.45) is 5.09. The van der Waals surface area contributed by atoms with Crippen LogP contribution < -0.4 is 0 Å². The fourth-order valence-electron chi connectivity index (χ4n) is 2.51. The van der Waals surface area contributed by atoms with Crippen molar-refractivity contribution in [3.8, 4) is 5.75 Å². The van der Waals surface area contributed by atoms with Crippen LogP contribution in [0.15, 0.2) is 30.9 Å². The van der Waals surface area contributed by atoms with E-state index < -0.39 is 0 Å². The second kappa shape index (κ2) is 6.41. The third-order valence-corrected chi connectivity index (χ3v) is 4.41. The first-order valence-corrected chi connectivity index (χ1v) is 7.58. The van der Waals surface area contributed by atoms with Crippen LogP contribution in [0, 0.1) is 9.49 Å². The van der Waals surface area contributed by atoms with Crippen LogP contribution in [-0.4, -0.2) is 29.0 Å². The molecule has 0 saturated carbocycles. The van der Waals surface area contributed by atoms with Gasteiger partial charge < -0.3 is 10.0 Å². The van der Waals surface area contributed by atoms with Crippen molar-refractivity contribution in [1.29, 1.82) is 0 Å². The van der Waals surface area contributed by atoms with Gasteiger partial charge in [0.05, 0.1) is 3.57 Å². The van der Waals surface area contributed by atoms with Crippen molar-refractivity contribution in [2.24, 2.45) is 5.92 Å². The smallest absolute Gasteiger partial charge is 0.253 e. The lowest BCUT2D eigenvalue weighted by atomic mass is 9.94. The number of rotatable bonds is 3. The van der Waals surface area contributed by atoms with E-state index in [0.29, 0.717) is 11.5 Å². The topological polar surface area (TPSA) is 40.5 Å². The second-order valence-corrected chi connectivity index (χ2v) is 6.11. The van der Waals surface area contributed by atoms with Crippen LogP contribution in [0.4, 0.5) is 0 Å². The molecule has 0 bridgehead atoms. The maximum atomic E-state index is 12.4. The van der Waals surface area contributed by atoms with E-state index >= 15 is 0 Å². The van der Waals surface area contributed by atoms with Gasteiger partial charge in [-0.3, -0.25) is 4.79 Å². The van der Waals surface area contributed by atoms with Crippen molar-refractivity contribution in [3.63, 3.8) is 0 Å². The third-order valence-electron chi connectivity index (χ3n) is 3.50. The zero-order valence-corrected chi connectivity index (χ0v) is 13.0. The molecule has 0 aliphatic carbocycles. The number of carbonyl (C=O) groups is 1. The molecule has 1 aromatic rings. The molecule has 19 heavy (non-hydrogen) atoms. The van der Waals surface area contributed by atoms with Gasteiger partial charge >= 0.3 is 0 Å². The number of halogens is 1. The molecule has 1 atom stereocenters. The minimum absolute atomic E-state index is 0.0143. The van der Waals surface area contributed by atoms with E-state index in [9.17, 15) is 9.90 Å². The largest absolute Gasteiger partial charge is 0.507 e. The number of aromatic hydroxyl groups is 1. The highest BCUT2D eigenvalue weighted by atomic mass is 127. The van der Waals surface area contributed by atoms with Gasteiger partial charge in [-0.15, -0.1) is 6.58 Å². The third kappa shape index (κ3) is 3.49. The number of hydrogen-bond acceptors (Lipinski definition) is 2. The number of phenolic OH excluding ortho intramolecular Hbond substituents is 1. The molecule has 1 aromatic carbocycles. The monoisotopic (exact) mass is 371 g/mol. The summed E-state index contributed by atoms with van der Waals surface area (Å²) in [5.41, 5.74) is 0.567. The normalized spacial score (nSPS) is 19.2. The standard InChI is InChI=1S/C15H18INO2/c1-2-4-11-5-3-8-17(10-11)15(19)12-6-7-13(16)14(18)9-12/h2,6-7,9,11,18H,1,3-5,8,10H2. The van der Waals surface area contributed by atoms with Gasteiger partial charge in [-0.2, -0.15) is 0 Å². The Balaban J connectivity index is 2.10. The number of hydrogen-bond donors (Lipinski definition) is 1. The Hall–Kier alpha value is -1.04. The molecule has 1 aliphatic rings. The molecule has 0 radical (unpaired) electrons. The fraction of sp³-hybridized carbons (Fsp3) is 0.400. The average Bonchev–Trinajstić information content (AvgIpc) is 2.42. The molecule has 0 aromatic heterocycles. The fourth-order valence-corrected chi connectivity index (χ4v) is 2.84. The van der Waals surface area contributed by atoms with Gasteiger partial charge in [-0.05, 0) is 66.0 Å². The lowest BCUT2D eigenvalue weighted by Crippen LogP contribution is -2.39. The molecule has 0 spiro atoms. The Morgan fingerprint density at radius 2 is 2.37 bits per heavy atom. The van der Waals surface area contributed by atoms with E-state index in [1.54, 1.807) is 18.2 Å². The summed E-state index contributed by atoms with van der Waals surface area (Å²) < 4.78 is 0.761. The SMILES string of the molecule is C=CCC1CCCN(C(=O)c2ccc(I)c(O)c2)C1. The van der Waals surface area contributed by atoms with Crippen LogP contribution in [0.5, 0.6) is 5.75 Å². The van der Waals surface area contributed by atoms with Crippen LogP contribution in [0.3, 0.4) is 0 Å². The predicted molar refractivity (Wildman–Crippen MR) is 84.3 cm³/mol. The number of allylic oxidation sites excluding steroid dienone is 1. The quantitative estimate of drug-likeness (QED) is 0.654. The minimum atomic E-state index is 0.0143. The second-order valence-electron chi connectivity index (χ2n) is 4.95. The molecule has 1 saturated heterocycles. The van der Waals surface area contributed by atoms with E-state index in [1.165, 1.54) is 0 Å². The summed E-state index contributed by atoms with van der Waals surface area (Å²) in [5, 5.41) is 9.69. The number of likely N-dealkylation sites (tertiary alicyclic amines) is 1. The molecule has 1 unspecified atom stereocenters. The molecule has 1 heterocycles. The summed E-state index contributed by atoms with van der Waals surface area (Å²) in [7, 11) is 0. The number of nitrogens with zero attached hydrogens (tertiary/aromatic N) is 1. The Morgan fingerprint density at radius 3 is 3.05 bits per heavy atom. The number of amides is 1. The van der Waals surface area contributed by atoms with Crippen LogP contribution in [0.2, 0.25) is 0 Å². The Bertz CT molecular complexity index is 487. The summed E-state index contributed by atoms with van der Waals surface area (Å²) in [4.78, 5) is 14.3. The molecule has 2 rings (SSSR count). The van der Waals surface area contributed by atoms with Crippen molar-refractivity contribution in [3.05, 3.63) is 40.0 Å². The van der Waals surface area contributed by atoms with Gasteiger partial charge in [-0.25, -0.2) is 0 Å².